The Balaban J connectivity index is 2.10. The number of anilines is 1. The summed E-state index contributed by atoms with van der Waals surface area (Å²) in [5.74, 6) is 0. The molecule has 0 aliphatic carbocycles. The molecule has 0 atom stereocenters. The Labute approximate surface area is 104 Å². The first-order valence-corrected chi connectivity index (χ1v) is 6.44. The summed E-state index contributed by atoms with van der Waals surface area (Å²) >= 11 is 0. The molecule has 0 aromatic heterocycles. The number of rotatable bonds is 3. The number of piperazine rings is 1. The second kappa shape index (κ2) is 5.52. The zero-order valence-electron chi connectivity index (χ0n) is 10.9. The number of hydrogen-bond acceptors (Lipinski definition) is 3. The quantitative estimate of drug-likeness (QED) is 0.853. The lowest BCUT2D eigenvalue weighted by molar-refractivity contribution is 0.312. The monoisotopic (exact) mass is 233 g/mol. The number of likely N-dealkylation sites (N-methyl/N-ethyl adjacent to an activating group) is 1. The van der Waals surface area contributed by atoms with Gasteiger partial charge in [-0.05, 0) is 44.1 Å². The molecule has 0 unspecified atom stereocenters. The third-order valence-electron chi connectivity index (χ3n) is 3.54. The summed E-state index contributed by atoms with van der Waals surface area (Å²) in [6, 6.07) is 6.75. The van der Waals surface area contributed by atoms with Crippen LogP contribution in [0.25, 0.3) is 0 Å². The molecular formula is C14H23N3. The average Bonchev–Trinajstić information content (AvgIpc) is 2.31. The predicted octanol–water partition coefficient (Wildman–Crippen LogP) is 1.25. The zero-order valence-corrected chi connectivity index (χ0v) is 10.9. The van der Waals surface area contributed by atoms with Crippen molar-refractivity contribution >= 4 is 5.69 Å². The van der Waals surface area contributed by atoms with E-state index in [1.807, 2.05) is 0 Å². The summed E-state index contributed by atoms with van der Waals surface area (Å²) in [5.41, 5.74) is 9.70. The molecule has 17 heavy (non-hydrogen) atoms. The number of benzene rings is 1. The van der Waals surface area contributed by atoms with Crippen LogP contribution in [0.15, 0.2) is 18.2 Å². The molecule has 1 aromatic carbocycles. The molecule has 0 saturated carbocycles. The van der Waals surface area contributed by atoms with E-state index in [2.05, 4.69) is 42.0 Å². The van der Waals surface area contributed by atoms with E-state index in [1.165, 1.54) is 16.8 Å². The molecule has 1 heterocycles. The minimum atomic E-state index is 0.729. The molecule has 1 aromatic rings. The van der Waals surface area contributed by atoms with Crippen molar-refractivity contribution in [2.75, 3.05) is 44.7 Å². The highest BCUT2D eigenvalue weighted by Crippen LogP contribution is 2.22. The Morgan fingerprint density at radius 3 is 2.47 bits per heavy atom. The Hall–Kier alpha value is -1.06. The van der Waals surface area contributed by atoms with Gasteiger partial charge in [-0.1, -0.05) is 12.1 Å². The van der Waals surface area contributed by atoms with Crippen LogP contribution < -0.4 is 10.6 Å². The normalized spacial score (nSPS) is 17.5. The first-order valence-electron chi connectivity index (χ1n) is 6.44. The summed E-state index contributed by atoms with van der Waals surface area (Å²) in [4.78, 5) is 4.87. The van der Waals surface area contributed by atoms with Crippen molar-refractivity contribution in [1.29, 1.82) is 0 Å². The topological polar surface area (TPSA) is 32.5 Å². The van der Waals surface area contributed by atoms with E-state index in [4.69, 9.17) is 5.73 Å². The lowest BCUT2D eigenvalue weighted by Crippen LogP contribution is -2.44. The van der Waals surface area contributed by atoms with E-state index in [-0.39, 0.29) is 0 Å². The van der Waals surface area contributed by atoms with Gasteiger partial charge in [-0.3, -0.25) is 0 Å². The van der Waals surface area contributed by atoms with Crippen LogP contribution in [0.2, 0.25) is 0 Å². The van der Waals surface area contributed by atoms with Crippen LogP contribution in [-0.2, 0) is 6.42 Å². The van der Waals surface area contributed by atoms with Crippen LogP contribution in [0.4, 0.5) is 5.69 Å². The zero-order chi connectivity index (χ0) is 12.3. The Kier molecular flexibility index (Phi) is 4.02. The van der Waals surface area contributed by atoms with E-state index in [9.17, 15) is 0 Å². The Bertz CT molecular complexity index is 368. The highest BCUT2D eigenvalue weighted by Gasteiger charge is 2.15. The number of aryl methyl sites for hydroxylation is 1. The summed E-state index contributed by atoms with van der Waals surface area (Å²) < 4.78 is 0. The molecule has 1 aliphatic rings. The fourth-order valence-electron chi connectivity index (χ4n) is 2.44. The summed E-state index contributed by atoms with van der Waals surface area (Å²) in [7, 11) is 2.19. The highest BCUT2D eigenvalue weighted by molar-refractivity contribution is 5.54. The molecule has 0 spiro atoms. The number of nitrogens with zero attached hydrogens (tertiary/aromatic N) is 2. The van der Waals surface area contributed by atoms with Crippen molar-refractivity contribution in [1.82, 2.24) is 4.90 Å². The fraction of sp³-hybridized carbons (Fsp3) is 0.571. The number of nitrogens with two attached hydrogens (primary N) is 1. The maximum atomic E-state index is 5.59. The minimum Gasteiger partial charge on any atom is -0.369 e. The van der Waals surface area contributed by atoms with Crippen LogP contribution in [0.1, 0.15) is 11.1 Å². The SMILES string of the molecule is Cc1cc(CCN)ccc1N1CCN(C)CC1. The molecule has 0 bridgehead atoms. The van der Waals surface area contributed by atoms with Crippen LogP contribution in [0.5, 0.6) is 0 Å². The fourth-order valence-corrected chi connectivity index (χ4v) is 2.44. The van der Waals surface area contributed by atoms with Gasteiger partial charge in [-0.25, -0.2) is 0 Å². The number of hydrogen-bond donors (Lipinski definition) is 1. The first-order chi connectivity index (χ1) is 8.20. The molecule has 0 radical (unpaired) electrons. The van der Waals surface area contributed by atoms with Crippen LogP contribution in [0, 0.1) is 6.92 Å². The second-order valence-electron chi connectivity index (χ2n) is 4.95. The third-order valence-corrected chi connectivity index (χ3v) is 3.54. The van der Waals surface area contributed by atoms with Crippen LogP contribution >= 0.6 is 0 Å². The van der Waals surface area contributed by atoms with E-state index in [1.54, 1.807) is 0 Å². The molecule has 3 heteroatoms. The van der Waals surface area contributed by atoms with Crippen molar-refractivity contribution in [2.24, 2.45) is 5.73 Å². The van der Waals surface area contributed by atoms with Gasteiger partial charge < -0.3 is 15.5 Å². The Morgan fingerprint density at radius 1 is 1.18 bits per heavy atom. The van der Waals surface area contributed by atoms with Gasteiger partial charge in [-0.15, -0.1) is 0 Å². The Morgan fingerprint density at radius 2 is 1.88 bits per heavy atom. The smallest absolute Gasteiger partial charge is 0.0397 e. The van der Waals surface area contributed by atoms with E-state index >= 15 is 0 Å². The van der Waals surface area contributed by atoms with Gasteiger partial charge in [0, 0.05) is 31.9 Å². The van der Waals surface area contributed by atoms with E-state index < -0.39 is 0 Å². The molecule has 2 N–H and O–H groups in total. The largest absolute Gasteiger partial charge is 0.369 e. The molecule has 1 fully saturated rings. The van der Waals surface area contributed by atoms with Gasteiger partial charge in [0.05, 0.1) is 0 Å². The summed E-state index contributed by atoms with van der Waals surface area (Å²) in [6.45, 7) is 7.51. The van der Waals surface area contributed by atoms with E-state index in [0.717, 1.165) is 39.1 Å². The van der Waals surface area contributed by atoms with Crippen LogP contribution in [0.3, 0.4) is 0 Å². The van der Waals surface area contributed by atoms with Gasteiger partial charge in [-0.2, -0.15) is 0 Å². The van der Waals surface area contributed by atoms with Crippen molar-refractivity contribution in [2.45, 2.75) is 13.3 Å². The molecule has 94 valence electrons. The second-order valence-corrected chi connectivity index (χ2v) is 4.95. The van der Waals surface area contributed by atoms with Crippen molar-refractivity contribution in [3.8, 4) is 0 Å². The van der Waals surface area contributed by atoms with Gasteiger partial charge in [0.1, 0.15) is 0 Å². The van der Waals surface area contributed by atoms with Gasteiger partial charge >= 0.3 is 0 Å². The third kappa shape index (κ3) is 2.99. The summed E-state index contributed by atoms with van der Waals surface area (Å²) in [5, 5.41) is 0. The summed E-state index contributed by atoms with van der Waals surface area (Å²) in [6.07, 6.45) is 0.976. The molecular weight excluding hydrogens is 210 g/mol. The van der Waals surface area contributed by atoms with Crippen molar-refractivity contribution in [3.05, 3.63) is 29.3 Å². The minimum absolute atomic E-state index is 0.729. The molecule has 2 rings (SSSR count). The molecule has 0 amide bonds. The van der Waals surface area contributed by atoms with Crippen LogP contribution in [-0.4, -0.2) is 44.7 Å². The van der Waals surface area contributed by atoms with Crippen molar-refractivity contribution in [3.63, 3.8) is 0 Å². The maximum Gasteiger partial charge on any atom is 0.0397 e. The van der Waals surface area contributed by atoms with Gasteiger partial charge in [0.15, 0.2) is 0 Å². The molecule has 1 saturated heterocycles. The molecule has 3 nitrogen and oxygen atoms in total. The van der Waals surface area contributed by atoms with E-state index in [0.29, 0.717) is 0 Å². The van der Waals surface area contributed by atoms with Crippen molar-refractivity contribution < 1.29 is 0 Å². The molecule has 1 aliphatic heterocycles. The lowest BCUT2D eigenvalue weighted by atomic mass is 10.1. The average molecular weight is 233 g/mol. The maximum absolute atomic E-state index is 5.59. The van der Waals surface area contributed by atoms with Gasteiger partial charge in [0.2, 0.25) is 0 Å². The first kappa shape index (κ1) is 12.4. The predicted molar refractivity (Wildman–Crippen MR) is 73.6 cm³/mol. The highest BCUT2D eigenvalue weighted by atomic mass is 15.2. The standard InChI is InChI=1S/C14H23N3/c1-12-11-13(5-6-15)3-4-14(12)17-9-7-16(2)8-10-17/h3-4,11H,5-10,15H2,1-2H3. The lowest BCUT2D eigenvalue weighted by Gasteiger charge is -2.35. The van der Waals surface area contributed by atoms with Gasteiger partial charge in [0.25, 0.3) is 0 Å².